The van der Waals surface area contributed by atoms with Crippen molar-refractivity contribution in [3.05, 3.63) is 59.7 Å². The van der Waals surface area contributed by atoms with Crippen molar-refractivity contribution >= 4 is 6.16 Å². The molecule has 96 valence electrons. The molecule has 0 saturated heterocycles. The standard InChI is InChI=1S/C16H14O3/c1-16(2)11-3-7-13(8-4-11)18-15(17)19-14-9-5-12(16)6-10-14/h3-10H,1-2H3. The molecule has 0 atom stereocenters. The van der Waals surface area contributed by atoms with Crippen molar-refractivity contribution in [2.75, 3.05) is 0 Å². The molecule has 0 radical (unpaired) electrons. The summed E-state index contributed by atoms with van der Waals surface area (Å²) in [6.45, 7) is 4.32. The van der Waals surface area contributed by atoms with Crippen molar-refractivity contribution in [1.82, 2.24) is 0 Å². The Morgan fingerprint density at radius 2 is 1.11 bits per heavy atom. The van der Waals surface area contributed by atoms with Gasteiger partial charge in [-0.1, -0.05) is 38.1 Å². The van der Waals surface area contributed by atoms with Crippen LogP contribution in [0.5, 0.6) is 11.5 Å². The van der Waals surface area contributed by atoms with Crippen molar-refractivity contribution in [2.24, 2.45) is 0 Å². The summed E-state index contributed by atoms with van der Waals surface area (Å²) in [6, 6.07) is 15.0. The van der Waals surface area contributed by atoms with Gasteiger partial charge in [0.2, 0.25) is 0 Å². The summed E-state index contributed by atoms with van der Waals surface area (Å²) >= 11 is 0. The average molecular weight is 254 g/mol. The van der Waals surface area contributed by atoms with E-state index in [4.69, 9.17) is 9.47 Å². The van der Waals surface area contributed by atoms with Crippen LogP contribution < -0.4 is 9.47 Å². The molecule has 19 heavy (non-hydrogen) atoms. The van der Waals surface area contributed by atoms with Crippen LogP contribution in [0, 0.1) is 0 Å². The minimum absolute atomic E-state index is 0.111. The maximum atomic E-state index is 11.6. The second kappa shape index (κ2) is 4.12. The van der Waals surface area contributed by atoms with Gasteiger partial charge in [0.05, 0.1) is 0 Å². The molecule has 0 aromatic heterocycles. The Hall–Kier alpha value is -2.29. The minimum atomic E-state index is -0.722. The highest BCUT2D eigenvalue weighted by atomic mass is 16.7. The molecule has 0 spiro atoms. The lowest BCUT2D eigenvalue weighted by atomic mass is 9.78. The Kier molecular flexibility index (Phi) is 2.56. The molecule has 3 heteroatoms. The minimum Gasteiger partial charge on any atom is -0.395 e. The summed E-state index contributed by atoms with van der Waals surface area (Å²) in [7, 11) is 0. The molecule has 0 amide bonds. The van der Waals surface area contributed by atoms with E-state index in [1.807, 2.05) is 24.3 Å². The van der Waals surface area contributed by atoms with Crippen molar-refractivity contribution in [1.29, 1.82) is 0 Å². The van der Waals surface area contributed by atoms with E-state index in [0.29, 0.717) is 11.5 Å². The number of hydrogen-bond donors (Lipinski definition) is 0. The van der Waals surface area contributed by atoms with Crippen LogP contribution >= 0.6 is 0 Å². The van der Waals surface area contributed by atoms with Gasteiger partial charge in [-0.2, -0.15) is 0 Å². The Balaban J connectivity index is 2.18. The number of hydrogen-bond acceptors (Lipinski definition) is 3. The van der Waals surface area contributed by atoms with E-state index in [-0.39, 0.29) is 5.41 Å². The summed E-state index contributed by atoms with van der Waals surface area (Å²) in [5.41, 5.74) is 2.23. The molecule has 4 aliphatic heterocycles. The molecule has 3 nitrogen and oxygen atoms in total. The predicted octanol–water partition coefficient (Wildman–Crippen LogP) is 3.90. The highest BCUT2D eigenvalue weighted by molar-refractivity contribution is 5.67. The largest absolute Gasteiger partial charge is 0.519 e. The highest BCUT2D eigenvalue weighted by Gasteiger charge is 2.24. The van der Waals surface area contributed by atoms with Gasteiger partial charge in [-0.15, -0.1) is 0 Å². The van der Waals surface area contributed by atoms with Gasteiger partial charge in [0, 0.05) is 5.41 Å². The third-order valence-corrected chi connectivity index (χ3v) is 3.55. The van der Waals surface area contributed by atoms with E-state index in [9.17, 15) is 4.79 Å². The molecule has 0 unspecified atom stereocenters. The molecule has 4 heterocycles. The van der Waals surface area contributed by atoms with Gasteiger partial charge >= 0.3 is 6.16 Å². The first-order valence-corrected chi connectivity index (χ1v) is 6.16. The first kappa shape index (κ1) is 11.8. The zero-order chi connectivity index (χ0) is 13.5. The van der Waals surface area contributed by atoms with Crippen LogP contribution in [0.4, 0.5) is 4.79 Å². The second-order valence-electron chi connectivity index (χ2n) is 5.13. The van der Waals surface area contributed by atoms with Gasteiger partial charge < -0.3 is 9.47 Å². The summed E-state index contributed by atoms with van der Waals surface area (Å²) in [5, 5.41) is 0. The van der Waals surface area contributed by atoms with Gasteiger partial charge in [0.15, 0.2) is 0 Å². The Labute approximate surface area is 111 Å². The van der Waals surface area contributed by atoms with E-state index in [1.165, 1.54) is 11.1 Å². The van der Waals surface area contributed by atoms with Gasteiger partial charge in [0.25, 0.3) is 0 Å². The zero-order valence-electron chi connectivity index (χ0n) is 10.8. The Morgan fingerprint density at radius 1 is 0.737 bits per heavy atom. The molecule has 2 aromatic rings. The first-order chi connectivity index (χ1) is 9.05. The lowest BCUT2D eigenvalue weighted by Gasteiger charge is -2.26. The normalized spacial score (nSPS) is 16.2. The second-order valence-corrected chi connectivity index (χ2v) is 5.13. The smallest absolute Gasteiger partial charge is 0.395 e. The summed E-state index contributed by atoms with van der Waals surface area (Å²) in [6.07, 6.45) is -0.722. The number of ether oxygens (including phenoxy) is 2. The van der Waals surface area contributed by atoms with Crippen molar-refractivity contribution in [2.45, 2.75) is 19.3 Å². The van der Waals surface area contributed by atoms with E-state index >= 15 is 0 Å². The van der Waals surface area contributed by atoms with Crippen LogP contribution in [0.25, 0.3) is 0 Å². The highest BCUT2D eigenvalue weighted by Crippen LogP contribution is 2.33. The lowest BCUT2D eigenvalue weighted by molar-refractivity contribution is 0.152. The van der Waals surface area contributed by atoms with Crippen LogP contribution in [-0.4, -0.2) is 6.16 Å². The van der Waals surface area contributed by atoms with E-state index in [2.05, 4.69) is 13.8 Å². The maximum Gasteiger partial charge on any atom is 0.519 e. The first-order valence-electron chi connectivity index (χ1n) is 6.16. The summed E-state index contributed by atoms with van der Waals surface area (Å²) in [5.74, 6) is 0.971. The van der Waals surface area contributed by atoms with Gasteiger partial charge in [0.1, 0.15) is 11.5 Å². The molecule has 0 fully saturated rings. The average Bonchev–Trinajstić information content (AvgIpc) is 2.38. The fraction of sp³-hybridized carbons (Fsp3) is 0.188. The van der Waals surface area contributed by atoms with E-state index in [0.717, 1.165) is 0 Å². The molecule has 4 bridgehead atoms. The van der Waals surface area contributed by atoms with Crippen LogP contribution in [-0.2, 0) is 5.41 Å². The quantitative estimate of drug-likeness (QED) is 0.528. The third kappa shape index (κ3) is 2.08. The molecule has 2 aromatic carbocycles. The monoisotopic (exact) mass is 254 g/mol. The number of rotatable bonds is 0. The SMILES string of the molecule is CC1(C)c2ccc(cc2)OC(=O)Oc2ccc1cc2. The van der Waals surface area contributed by atoms with Gasteiger partial charge in [-0.3, -0.25) is 0 Å². The fourth-order valence-electron chi connectivity index (χ4n) is 2.26. The maximum absolute atomic E-state index is 11.6. The summed E-state index contributed by atoms with van der Waals surface area (Å²) < 4.78 is 10.2. The van der Waals surface area contributed by atoms with E-state index in [1.54, 1.807) is 24.3 Å². The Morgan fingerprint density at radius 3 is 1.47 bits per heavy atom. The van der Waals surface area contributed by atoms with Crippen molar-refractivity contribution in [3.8, 4) is 11.5 Å². The van der Waals surface area contributed by atoms with Crippen LogP contribution in [0.1, 0.15) is 25.0 Å². The molecule has 6 rings (SSSR count). The molecular formula is C16H14O3. The summed E-state index contributed by atoms with van der Waals surface area (Å²) in [4.78, 5) is 11.6. The predicted molar refractivity (Wildman–Crippen MR) is 71.7 cm³/mol. The number of benzene rings is 2. The third-order valence-electron chi connectivity index (χ3n) is 3.55. The molecule has 4 aliphatic rings. The van der Waals surface area contributed by atoms with Crippen molar-refractivity contribution in [3.63, 3.8) is 0 Å². The molecule has 0 N–H and O–H groups in total. The molecule has 0 saturated carbocycles. The number of carbonyl (C=O) groups is 1. The fourth-order valence-corrected chi connectivity index (χ4v) is 2.26. The van der Waals surface area contributed by atoms with Crippen molar-refractivity contribution < 1.29 is 14.3 Å². The number of carbonyl (C=O) groups excluding carboxylic acids is 1. The molecular weight excluding hydrogens is 240 g/mol. The van der Waals surface area contributed by atoms with E-state index < -0.39 is 6.16 Å². The van der Waals surface area contributed by atoms with Gasteiger partial charge in [-0.25, -0.2) is 4.79 Å². The zero-order valence-corrected chi connectivity index (χ0v) is 10.8. The van der Waals surface area contributed by atoms with Crippen LogP contribution in [0.3, 0.4) is 0 Å². The van der Waals surface area contributed by atoms with Crippen LogP contribution in [0.15, 0.2) is 48.5 Å². The topological polar surface area (TPSA) is 35.5 Å². The van der Waals surface area contributed by atoms with Crippen LogP contribution in [0.2, 0.25) is 0 Å². The molecule has 0 aliphatic carbocycles. The lowest BCUT2D eigenvalue weighted by Crippen LogP contribution is -2.20. The van der Waals surface area contributed by atoms with Gasteiger partial charge in [-0.05, 0) is 35.4 Å². The Bertz CT molecular complexity index is 556.